The topological polar surface area (TPSA) is 43.8 Å². The first-order chi connectivity index (χ1) is 11.9. The van der Waals surface area contributed by atoms with Crippen LogP contribution in [0.25, 0.3) is 0 Å². The first kappa shape index (κ1) is 17.6. The van der Waals surface area contributed by atoms with Gasteiger partial charge in [-0.25, -0.2) is 4.39 Å². The molecule has 0 bridgehead atoms. The van der Waals surface area contributed by atoms with Gasteiger partial charge in [-0.15, -0.1) is 0 Å². The molecular weight excluding hydrogens is 319 g/mol. The Morgan fingerprint density at radius 2 is 1.80 bits per heavy atom. The molecule has 0 spiro atoms. The summed E-state index contributed by atoms with van der Waals surface area (Å²) in [5.41, 5.74) is -0.131. The number of hydrogen-bond acceptors (Lipinski definition) is 3. The normalized spacial score (nSPS) is 23.7. The molecular formula is C20H23FN2O2. The van der Waals surface area contributed by atoms with Crippen LogP contribution in [-0.4, -0.2) is 54.0 Å². The summed E-state index contributed by atoms with van der Waals surface area (Å²) in [5.74, 6) is -0.849. The largest absolute Gasteiger partial charge is 0.383 e. The minimum atomic E-state index is -1.04. The van der Waals surface area contributed by atoms with Gasteiger partial charge < -0.3 is 14.9 Å². The van der Waals surface area contributed by atoms with E-state index in [4.69, 9.17) is 0 Å². The number of carbonyl (C=O) groups excluding carboxylic acids is 1. The van der Waals surface area contributed by atoms with Crippen molar-refractivity contribution in [1.82, 2.24) is 9.80 Å². The summed E-state index contributed by atoms with van der Waals surface area (Å²) in [4.78, 5) is 16.3. The lowest BCUT2D eigenvalue weighted by Crippen LogP contribution is -2.60. The van der Waals surface area contributed by atoms with E-state index in [1.54, 1.807) is 17.0 Å². The van der Waals surface area contributed by atoms with Crippen LogP contribution in [0.4, 0.5) is 4.39 Å². The molecule has 0 saturated carbocycles. The van der Waals surface area contributed by atoms with E-state index in [1.807, 2.05) is 49.3 Å². The van der Waals surface area contributed by atoms with Gasteiger partial charge in [-0.2, -0.15) is 0 Å². The van der Waals surface area contributed by atoms with Gasteiger partial charge in [0.05, 0.1) is 11.6 Å². The zero-order chi connectivity index (χ0) is 18.0. The Morgan fingerprint density at radius 3 is 2.44 bits per heavy atom. The van der Waals surface area contributed by atoms with Crippen LogP contribution in [0.1, 0.15) is 22.3 Å². The minimum Gasteiger partial charge on any atom is -0.383 e. The van der Waals surface area contributed by atoms with Crippen molar-refractivity contribution in [3.05, 3.63) is 71.5 Å². The van der Waals surface area contributed by atoms with Crippen molar-refractivity contribution >= 4 is 5.91 Å². The Morgan fingerprint density at radius 1 is 1.16 bits per heavy atom. The first-order valence-electron chi connectivity index (χ1n) is 8.41. The molecule has 2 aromatic carbocycles. The maximum absolute atomic E-state index is 14.0. The third-order valence-corrected chi connectivity index (χ3v) is 5.00. The number of amides is 1. The number of rotatable bonds is 3. The average Bonchev–Trinajstić information content (AvgIpc) is 2.62. The van der Waals surface area contributed by atoms with E-state index in [2.05, 4.69) is 0 Å². The van der Waals surface area contributed by atoms with Gasteiger partial charge >= 0.3 is 0 Å². The number of likely N-dealkylation sites (N-methyl/N-ethyl adjacent to an activating group) is 1. The molecule has 2 unspecified atom stereocenters. The molecule has 1 fully saturated rings. The molecule has 0 radical (unpaired) electrons. The summed E-state index contributed by atoms with van der Waals surface area (Å²) in [6.07, 6.45) is 0.403. The molecule has 1 amide bonds. The van der Waals surface area contributed by atoms with Crippen molar-refractivity contribution < 1.29 is 14.3 Å². The maximum Gasteiger partial charge on any atom is 0.256 e. The van der Waals surface area contributed by atoms with Crippen molar-refractivity contribution in [1.29, 1.82) is 0 Å². The Hall–Kier alpha value is -2.24. The number of nitrogens with zero attached hydrogens (tertiary/aromatic N) is 2. The summed E-state index contributed by atoms with van der Waals surface area (Å²) < 4.78 is 14.0. The van der Waals surface area contributed by atoms with Gasteiger partial charge in [0.25, 0.3) is 5.91 Å². The first-order valence-corrected chi connectivity index (χ1v) is 8.41. The zero-order valence-electron chi connectivity index (χ0n) is 14.5. The van der Waals surface area contributed by atoms with E-state index >= 15 is 0 Å². The third-order valence-electron chi connectivity index (χ3n) is 5.00. The lowest BCUT2D eigenvalue weighted by molar-refractivity contribution is -0.0811. The fraction of sp³-hybridized carbons (Fsp3) is 0.350. The van der Waals surface area contributed by atoms with Crippen molar-refractivity contribution in [2.45, 2.75) is 18.1 Å². The monoisotopic (exact) mass is 342 g/mol. The second-order valence-electron chi connectivity index (χ2n) is 6.75. The highest BCUT2D eigenvalue weighted by atomic mass is 19.1. The molecule has 1 saturated heterocycles. The average molecular weight is 342 g/mol. The van der Waals surface area contributed by atoms with Crippen LogP contribution in [0.5, 0.6) is 0 Å². The summed E-state index contributed by atoms with van der Waals surface area (Å²) in [7, 11) is 3.77. The van der Waals surface area contributed by atoms with Gasteiger partial charge in [-0.1, -0.05) is 42.5 Å². The van der Waals surface area contributed by atoms with Crippen molar-refractivity contribution in [3.8, 4) is 0 Å². The lowest BCUT2D eigenvalue weighted by atomic mass is 9.79. The van der Waals surface area contributed by atoms with Crippen molar-refractivity contribution in [3.63, 3.8) is 0 Å². The molecule has 1 heterocycles. The highest BCUT2D eigenvalue weighted by molar-refractivity contribution is 5.94. The predicted octanol–water partition coefficient (Wildman–Crippen LogP) is 2.49. The molecule has 1 aliphatic rings. The second-order valence-corrected chi connectivity index (χ2v) is 6.75. The van der Waals surface area contributed by atoms with E-state index in [0.29, 0.717) is 19.5 Å². The predicted molar refractivity (Wildman–Crippen MR) is 94.7 cm³/mol. The van der Waals surface area contributed by atoms with Crippen molar-refractivity contribution in [2.24, 2.45) is 0 Å². The molecule has 5 heteroatoms. The fourth-order valence-corrected chi connectivity index (χ4v) is 3.57. The highest BCUT2D eigenvalue weighted by Crippen LogP contribution is 2.35. The molecule has 0 aliphatic carbocycles. The number of likely N-dealkylation sites (tertiary alicyclic amines) is 1. The molecule has 2 aromatic rings. The molecule has 2 atom stereocenters. The summed E-state index contributed by atoms with van der Waals surface area (Å²) in [5, 5.41) is 11.3. The summed E-state index contributed by atoms with van der Waals surface area (Å²) in [6.45, 7) is 0.717. The SMILES string of the molecule is CN(C)C1CN(C(=O)c2ccccc2F)CCC1(O)c1ccccc1. The molecule has 3 rings (SSSR count). The number of benzene rings is 2. The zero-order valence-corrected chi connectivity index (χ0v) is 14.5. The fourth-order valence-electron chi connectivity index (χ4n) is 3.57. The van der Waals surface area contributed by atoms with Gasteiger partial charge in [0.15, 0.2) is 0 Å². The lowest BCUT2D eigenvalue weighted by Gasteiger charge is -2.47. The number of piperidine rings is 1. The molecule has 25 heavy (non-hydrogen) atoms. The highest BCUT2D eigenvalue weighted by Gasteiger charge is 2.45. The minimum absolute atomic E-state index is 0.0742. The summed E-state index contributed by atoms with van der Waals surface area (Å²) >= 11 is 0. The van der Waals surface area contributed by atoms with E-state index in [1.165, 1.54) is 12.1 Å². The third kappa shape index (κ3) is 3.30. The van der Waals surface area contributed by atoms with Crippen LogP contribution in [0.3, 0.4) is 0 Å². The van der Waals surface area contributed by atoms with Crippen LogP contribution in [0.2, 0.25) is 0 Å². The number of carbonyl (C=O) groups is 1. The summed E-state index contributed by atoms with van der Waals surface area (Å²) in [6, 6.07) is 15.3. The van der Waals surface area contributed by atoms with E-state index in [9.17, 15) is 14.3 Å². The van der Waals surface area contributed by atoms with Gasteiger partial charge in [0, 0.05) is 13.1 Å². The second kappa shape index (κ2) is 6.94. The van der Waals surface area contributed by atoms with E-state index < -0.39 is 11.4 Å². The van der Waals surface area contributed by atoms with Gasteiger partial charge in [-0.3, -0.25) is 4.79 Å². The van der Waals surface area contributed by atoms with Crippen LogP contribution in [-0.2, 0) is 5.60 Å². The van der Waals surface area contributed by atoms with Crippen LogP contribution < -0.4 is 0 Å². The molecule has 132 valence electrons. The van der Waals surface area contributed by atoms with Crippen molar-refractivity contribution in [2.75, 3.05) is 27.2 Å². The van der Waals surface area contributed by atoms with Gasteiger partial charge in [0.1, 0.15) is 11.4 Å². The van der Waals surface area contributed by atoms with E-state index in [-0.39, 0.29) is 17.5 Å². The van der Waals surface area contributed by atoms with Gasteiger partial charge in [-0.05, 0) is 38.2 Å². The Labute approximate surface area is 147 Å². The number of hydrogen-bond donors (Lipinski definition) is 1. The molecule has 1 aliphatic heterocycles. The van der Waals surface area contributed by atoms with Gasteiger partial charge in [0.2, 0.25) is 0 Å². The van der Waals surface area contributed by atoms with E-state index in [0.717, 1.165) is 5.56 Å². The molecule has 1 N–H and O–H groups in total. The number of halogens is 1. The van der Waals surface area contributed by atoms with Crippen LogP contribution >= 0.6 is 0 Å². The quantitative estimate of drug-likeness (QED) is 0.932. The Bertz CT molecular complexity index is 750. The maximum atomic E-state index is 14.0. The molecule has 4 nitrogen and oxygen atoms in total. The van der Waals surface area contributed by atoms with Crippen LogP contribution in [0, 0.1) is 5.82 Å². The smallest absolute Gasteiger partial charge is 0.256 e. The molecule has 0 aromatic heterocycles. The number of aliphatic hydroxyl groups is 1. The van der Waals surface area contributed by atoms with Crippen LogP contribution in [0.15, 0.2) is 54.6 Å². The Balaban J connectivity index is 1.87. The standard InChI is InChI=1S/C20H23FN2O2/c1-22(2)18-14-23(19(24)16-10-6-7-11-17(16)21)13-12-20(18,25)15-8-4-3-5-9-15/h3-11,18,25H,12-14H2,1-2H3. The Kier molecular flexibility index (Phi) is 4.88.